The zero-order valence-corrected chi connectivity index (χ0v) is 15.4. The Bertz CT molecular complexity index is 954. The molecule has 0 spiro atoms. The summed E-state index contributed by atoms with van der Waals surface area (Å²) in [6, 6.07) is 19.4. The fourth-order valence-corrected chi connectivity index (χ4v) is 2.35. The summed E-state index contributed by atoms with van der Waals surface area (Å²) in [7, 11) is 0. The molecular weight excluding hydrogens is 374 g/mol. The molecule has 0 bridgehead atoms. The van der Waals surface area contributed by atoms with E-state index in [9.17, 15) is 14.4 Å². The number of furan rings is 1. The van der Waals surface area contributed by atoms with E-state index < -0.39 is 17.7 Å². The van der Waals surface area contributed by atoms with Crippen LogP contribution in [0, 0.1) is 0 Å². The summed E-state index contributed by atoms with van der Waals surface area (Å²) in [6.45, 7) is 0.479. The first-order chi connectivity index (χ1) is 14.1. The van der Waals surface area contributed by atoms with Gasteiger partial charge < -0.3 is 14.5 Å². The number of benzene rings is 2. The van der Waals surface area contributed by atoms with Crippen LogP contribution in [0.4, 0.5) is 0 Å². The maximum atomic E-state index is 12.1. The van der Waals surface area contributed by atoms with Gasteiger partial charge in [0.25, 0.3) is 5.91 Å². The highest BCUT2D eigenvalue weighted by molar-refractivity contribution is 6.35. The van der Waals surface area contributed by atoms with Crippen LogP contribution in [-0.4, -0.2) is 17.7 Å². The molecule has 3 amide bonds. The molecule has 0 saturated carbocycles. The SMILES string of the molecule is O=C(NCc1ccco1)C(=O)NNC(=O)c1ccc(OCc2ccccc2)cc1. The van der Waals surface area contributed by atoms with Crippen molar-refractivity contribution >= 4 is 17.7 Å². The van der Waals surface area contributed by atoms with Crippen molar-refractivity contribution in [1.29, 1.82) is 0 Å². The number of nitrogens with one attached hydrogen (secondary N) is 3. The Kier molecular flexibility index (Phi) is 6.62. The Balaban J connectivity index is 1.42. The molecule has 0 aliphatic carbocycles. The Morgan fingerprint density at radius 2 is 1.59 bits per heavy atom. The second kappa shape index (κ2) is 9.75. The van der Waals surface area contributed by atoms with Crippen LogP contribution in [0.1, 0.15) is 21.7 Å². The lowest BCUT2D eigenvalue weighted by Gasteiger charge is -2.09. The van der Waals surface area contributed by atoms with Gasteiger partial charge in [0.2, 0.25) is 0 Å². The number of hydrazine groups is 1. The van der Waals surface area contributed by atoms with Gasteiger partial charge in [0, 0.05) is 5.56 Å². The predicted octanol–water partition coefficient (Wildman–Crippen LogP) is 1.94. The third-order valence-electron chi connectivity index (χ3n) is 3.86. The maximum Gasteiger partial charge on any atom is 0.327 e. The number of carbonyl (C=O) groups is 3. The topological polar surface area (TPSA) is 110 Å². The normalized spacial score (nSPS) is 10.1. The van der Waals surface area contributed by atoms with E-state index in [2.05, 4.69) is 16.2 Å². The molecule has 0 unspecified atom stereocenters. The molecule has 3 rings (SSSR count). The van der Waals surface area contributed by atoms with Crippen LogP contribution in [-0.2, 0) is 22.7 Å². The predicted molar refractivity (Wildman–Crippen MR) is 103 cm³/mol. The summed E-state index contributed by atoms with van der Waals surface area (Å²) in [4.78, 5) is 35.5. The van der Waals surface area contributed by atoms with Gasteiger partial charge in [0.05, 0.1) is 12.8 Å². The summed E-state index contributed by atoms with van der Waals surface area (Å²) < 4.78 is 10.7. The number of amides is 3. The van der Waals surface area contributed by atoms with E-state index in [1.54, 1.807) is 36.4 Å². The van der Waals surface area contributed by atoms with Crippen molar-refractivity contribution < 1.29 is 23.5 Å². The third-order valence-corrected chi connectivity index (χ3v) is 3.86. The minimum atomic E-state index is -0.993. The van der Waals surface area contributed by atoms with Crippen molar-refractivity contribution in [3.05, 3.63) is 89.9 Å². The number of ether oxygens (including phenoxy) is 1. The van der Waals surface area contributed by atoms with Crippen LogP contribution in [0.15, 0.2) is 77.4 Å². The van der Waals surface area contributed by atoms with Gasteiger partial charge in [-0.2, -0.15) is 0 Å². The van der Waals surface area contributed by atoms with Crippen molar-refractivity contribution in [2.75, 3.05) is 0 Å². The lowest BCUT2D eigenvalue weighted by Crippen LogP contribution is -2.48. The maximum absolute atomic E-state index is 12.1. The van der Waals surface area contributed by atoms with Crippen LogP contribution in [0.25, 0.3) is 0 Å². The Morgan fingerprint density at radius 3 is 2.28 bits per heavy atom. The van der Waals surface area contributed by atoms with E-state index in [0.29, 0.717) is 23.7 Å². The van der Waals surface area contributed by atoms with Gasteiger partial charge in [-0.05, 0) is 42.0 Å². The first-order valence-electron chi connectivity index (χ1n) is 8.79. The van der Waals surface area contributed by atoms with Gasteiger partial charge in [-0.25, -0.2) is 0 Å². The lowest BCUT2D eigenvalue weighted by atomic mass is 10.2. The van der Waals surface area contributed by atoms with Crippen molar-refractivity contribution in [2.45, 2.75) is 13.2 Å². The summed E-state index contributed by atoms with van der Waals surface area (Å²) in [6.07, 6.45) is 1.46. The molecule has 3 aromatic rings. The number of carbonyl (C=O) groups excluding carboxylic acids is 3. The Labute approximate surface area is 166 Å². The average Bonchev–Trinajstić information content (AvgIpc) is 3.29. The lowest BCUT2D eigenvalue weighted by molar-refractivity contribution is -0.139. The zero-order valence-electron chi connectivity index (χ0n) is 15.4. The largest absolute Gasteiger partial charge is 0.489 e. The van der Waals surface area contributed by atoms with Gasteiger partial charge in [-0.3, -0.25) is 25.2 Å². The number of hydrogen-bond acceptors (Lipinski definition) is 5. The Morgan fingerprint density at radius 1 is 0.828 bits per heavy atom. The Hall–Kier alpha value is -4.07. The monoisotopic (exact) mass is 393 g/mol. The first-order valence-corrected chi connectivity index (χ1v) is 8.79. The summed E-state index contributed by atoms with van der Waals surface area (Å²) in [5.41, 5.74) is 5.58. The third kappa shape index (κ3) is 5.96. The molecule has 3 N–H and O–H groups in total. The molecule has 1 aromatic heterocycles. The van der Waals surface area contributed by atoms with E-state index in [-0.39, 0.29) is 6.54 Å². The van der Waals surface area contributed by atoms with Crippen molar-refractivity contribution in [3.63, 3.8) is 0 Å². The van der Waals surface area contributed by atoms with E-state index in [1.165, 1.54) is 6.26 Å². The number of rotatable bonds is 6. The molecule has 0 saturated heterocycles. The van der Waals surface area contributed by atoms with Crippen LogP contribution in [0.5, 0.6) is 5.75 Å². The van der Waals surface area contributed by atoms with Gasteiger partial charge in [-0.15, -0.1) is 0 Å². The molecule has 0 fully saturated rings. The highest BCUT2D eigenvalue weighted by atomic mass is 16.5. The van der Waals surface area contributed by atoms with Gasteiger partial charge in [-0.1, -0.05) is 30.3 Å². The molecule has 1 heterocycles. The van der Waals surface area contributed by atoms with Crippen LogP contribution in [0.2, 0.25) is 0 Å². The van der Waals surface area contributed by atoms with Crippen molar-refractivity contribution in [1.82, 2.24) is 16.2 Å². The van der Waals surface area contributed by atoms with Gasteiger partial charge in [0.15, 0.2) is 0 Å². The van der Waals surface area contributed by atoms with E-state index in [0.717, 1.165) is 5.56 Å². The molecule has 0 radical (unpaired) electrons. The number of hydrogen-bond donors (Lipinski definition) is 3. The standard InChI is InChI=1S/C21H19N3O5/c25-19(23-24-21(27)20(26)22-13-18-7-4-12-28-18)16-8-10-17(11-9-16)29-14-15-5-2-1-3-6-15/h1-12H,13-14H2,(H,22,26)(H,23,25)(H,24,27). The molecule has 0 aliphatic heterocycles. The van der Waals surface area contributed by atoms with E-state index >= 15 is 0 Å². The molecular formula is C21H19N3O5. The molecule has 2 aromatic carbocycles. The molecule has 0 aliphatic rings. The minimum Gasteiger partial charge on any atom is -0.489 e. The van der Waals surface area contributed by atoms with Crippen molar-refractivity contribution in [3.8, 4) is 5.75 Å². The zero-order chi connectivity index (χ0) is 20.5. The fraction of sp³-hybridized carbons (Fsp3) is 0.0952. The van der Waals surface area contributed by atoms with Gasteiger partial charge in [0.1, 0.15) is 18.1 Å². The first kappa shape index (κ1) is 19.7. The highest BCUT2D eigenvalue weighted by Crippen LogP contribution is 2.14. The molecule has 8 heteroatoms. The molecule has 0 atom stereocenters. The summed E-state index contributed by atoms with van der Waals surface area (Å²) >= 11 is 0. The second-order valence-corrected chi connectivity index (χ2v) is 5.97. The van der Waals surface area contributed by atoms with Crippen molar-refractivity contribution in [2.24, 2.45) is 0 Å². The smallest absolute Gasteiger partial charge is 0.327 e. The van der Waals surface area contributed by atoms with Crippen LogP contribution >= 0.6 is 0 Å². The van der Waals surface area contributed by atoms with Crippen LogP contribution < -0.4 is 20.9 Å². The molecule has 148 valence electrons. The minimum absolute atomic E-state index is 0.0671. The van der Waals surface area contributed by atoms with E-state index in [1.807, 2.05) is 30.3 Å². The quantitative estimate of drug-likeness (QED) is 0.438. The fourth-order valence-electron chi connectivity index (χ4n) is 2.35. The summed E-state index contributed by atoms with van der Waals surface area (Å²) in [5.74, 6) is -1.35. The molecule has 29 heavy (non-hydrogen) atoms. The van der Waals surface area contributed by atoms with Crippen LogP contribution in [0.3, 0.4) is 0 Å². The average molecular weight is 393 g/mol. The second-order valence-electron chi connectivity index (χ2n) is 5.97. The summed E-state index contributed by atoms with van der Waals surface area (Å²) in [5, 5.41) is 2.37. The van der Waals surface area contributed by atoms with Gasteiger partial charge >= 0.3 is 11.8 Å². The molecule has 8 nitrogen and oxygen atoms in total. The van der Waals surface area contributed by atoms with E-state index in [4.69, 9.17) is 9.15 Å². The highest BCUT2D eigenvalue weighted by Gasteiger charge is 2.15.